The van der Waals surface area contributed by atoms with Gasteiger partial charge in [-0.1, -0.05) is 53.5 Å². The number of esters is 1. The molecule has 24 heavy (non-hydrogen) atoms. The Morgan fingerprint density at radius 2 is 1.88 bits per heavy atom. The van der Waals surface area contributed by atoms with Crippen LogP contribution < -0.4 is 5.32 Å². The van der Waals surface area contributed by atoms with E-state index in [2.05, 4.69) is 5.32 Å². The van der Waals surface area contributed by atoms with E-state index in [1.165, 1.54) is 0 Å². The zero-order valence-electron chi connectivity index (χ0n) is 13.1. The maximum Gasteiger partial charge on any atom is 0.310 e. The summed E-state index contributed by atoms with van der Waals surface area (Å²) in [4.78, 5) is 23.7. The van der Waals surface area contributed by atoms with Crippen LogP contribution in [0.25, 0.3) is 0 Å². The van der Waals surface area contributed by atoms with Crippen LogP contribution in [0, 0.1) is 0 Å². The molecule has 0 aliphatic heterocycles. The average molecular weight is 366 g/mol. The molecule has 6 heteroatoms. The molecule has 0 aliphatic rings. The van der Waals surface area contributed by atoms with Crippen molar-refractivity contribution >= 4 is 35.1 Å². The smallest absolute Gasteiger partial charge is 0.310 e. The fourth-order valence-corrected chi connectivity index (χ4v) is 2.54. The van der Waals surface area contributed by atoms with E-state index in [1.807, 2.05) is 19.1 Å². The molecule has 4 nitrogen and oxygen atoms in total. The lowest BCUT2D eigenvalue weighted by atomic mass is 10.1. The number of halogens is 2. The van der Waals surface area contributed by atoms with E-state index in [1.54, 1.807) is 36.4 Å². The zero-order chi connectivity index (χ0) is 17.5. The summed E-state index contributed by atoms with van der Waals surface area (Å²) in [6.45, 7) is 1.49. The van der Waals surface area contributed by atoms with Crippen molar-refractivity contribution in [3.8, 4) is 0 Å². The van der Waals surface area contributed by atoms with Gasteiger partial charge in [0.1, 0.15) is 0 Å². The maximum atomic E-state index is 11.9. The van der Waals surface area contributed by atoms with Crippen LogP contribution in [-0.4, -0.2) is 18.5 Å². The Morgan fingerprint density at radius 1 is 1.12 bits per heavy atom. The van der Waals surface area contributed by atoms with Crippen molar-refractivity contribution in [2.24, 2.45) is 0 Å². The number of carbonyl (C=O) groups excluding carboxylic acids is 2. The monoisotopic (exact) mass is 365 g/mol. The minimum atomic E-state index is -0.506. The van der Waals surface area contributed by atoms with Crippen molar-refractivity contribution < 1.29 is 14.3 Å². The lowest BCUT2D eigenvalue weighted by Crippen LogP contribution is -2.31. The molecule has 0 saturated heterocycles. The third-order valence-electron chi connectivity index (χ3n) is 3.38. The summed E-state index contributed by atoms with van der Waals surface area (Å²) in [5, 5.41) is 3.84. The van der Waals surface area contributed by atoms with E-state index in [-0.39, 0.29) is 25.0 Å². The third kappa shape index (κ3) is 5.55. The zero-order valence-corrected chi connectivity index (χ0v) is 14.6. The number of carbonyl (C=O) groups is 2. The summed E-state index contributed by atoms with van der Waals surface area (Å²) in [5.74, 6) is -0.886. The molecule has 0 radical (unpaired) electrons. The Hall–Kier alpha value is -2.04. The number of ether oxygens (including phenoxy) is 1. The van der Waals surface area contributed by atoms with Crippen LogP contribution in [0.15, 0.2) is 48.5 Å². The number of benzene rings is 2. The second-order valence-electron chi connectivity index (χ2n) is 5.27. The maximum absolute atomic E-state index is 11.9. The van der Waals surface area contributed by atoms with Crippen LogP contribution in [-0.2, 0) is 20.7 Å². The minimum Gasteiger partial charge on any atom is -0.455 e. The van der Waals surface area contributed by atoms with Gasteiger partial charge in [0.15, 0.2) is 6.61 Å². The number of amides is 1. The lowest BCUT2D eigenvalue weighted by molar-refractivity contribution is -0.148. The molecule has 1 atom stereocenters. The Bertz CT molecular complexity index is 734. The highest BCUT2D eigenvalue weighted by atomic mass is 35.5. The summed E-state index contributed by atoms with van der Waals surface area (Å²) in [6.07, 6.45) is 0.0246. The van der Waals surface area contributed by atoms with Crippen molar-refractivity contribution in [3.63, 3.8) is 0 Å². The first-order valence-corrected chi connectivity index (χ1v) is 8.15. The van der Waals surface area contributed by atoms with Gasteiger partial charge in [0.05, 0.1) is 12.5 Å². The van der Waals surface area contributed by atoms with E-state index >= 15 is 0 Å². The van der Waals surface area contributed by atoms with Gasteiger partial charge in [0.2, 0.25) is 0 Å². The van der Waals surface area contributed by atoms with Gasteiger partial charge < -0.3 is 10.1 Å². The predicted octanol–water partition coefficient (Wildman–Crippen LogP) is 3.96. The van der Waals surface area contributed by atoms with Gasteiger partial charge in [-0.05, 0) is 36.2 Å². The lowest BCUT2D eigenvalue weighted by Gasteiger charge is -2.14. The molecule has 0 bridgehead atoms. The standard InChI is InChI=1S/C18H17Cl2NO3/c1-12(13-6-4-7-15(19)9-13)21-17(22)11-24-18(23)10-14-5-2-3-8-16(14)20/h2-9,12H,10-11H2,1H3,(H,21,22)/t12-/m1/s1. The molecule has 2 rings (SSSR count). The summed E-state index contributed by atoms with van der Waals surface area (Å²) in [7, 11) is 0. The Morgan fingerprint density at radius 3 is 2.58 bits per heavy atom. The molecule has 0 heterocycles. The topological polar surface area (TPSA) is 55.4 Å². The van der Waals surface area contributed by atoms with Crippen molar-refractivity contribution in [2.75, 3.05) is 6.61 Å². The predicted molar refractivity (Wildman–Crippen MR) is 94.1 cm³/mol. The van der Waals surface area contributed by atoms with Crippen molar-refractivity contribution in [3.05, 3.63) is 69.7 Å². The third-order valence-corrected chi connectivity index (χ3v) is 3.99. The first kappa shape index (κ1) is 18.3. The number of hydrogen-bond acceptors (Lipinski definition) is 3. The molecule has 0 spiro atoms. The van der Waals surface area contributed by atoms with Crippen molar-refractivity contribution in [1.82, 2.24) is 5.32 Å². The van der Waals surface area contributed by atoms with Crippen LogP contribution in [0.4, 0.5) is 0 Å². The number of rotatable bonds is 6. The molecular weight excluding hydrogens is 349 g/mol. The molecule has 1 N–H and O–H groups in total. The fraction of sp³-hybridized carbons (Fsp3) is 0.222. The SMILES string of the molecule is C[C@@H](NC(=O)COC(=O)Cc1ccccc1Cl)c1cccc(Cl)c1. The molecule has 1 amide bonds. The quantitative estimate of drug-likeness (QED) is 0.788. The van der Waals surface area contributed by atoms with Gasteiger partial charge in [-0.25, -0.2) is 0 Å². The summed E-state index contributed by atoms with van der Waals surface area (Å²) >= 11 is 11.9. The van der Waals surface area contributed by atoms with Gasteiger partial charge in [0.25, 0.3) is 5.91 Å². The number of hydrogen-bond donors (Lipinski definition) is 1. The van der Waals surface area contributed by atoms with Gasteiger partial charge in [-0.2, -0.15) is 0 Å². The molecule has 0 aliphatic carbocycles. The van der Waals surface area contributed by atoms with Gasteiger partial charge in [-0.3, -0.25) is 9.59 Å². The van der Waals surface area contributed by atoms with Crippen LogP contribution in [0.1, 0.15) is 24.1 Å². The molecule has 2 aromatic rings. The Balaban J connectivity index is 1.80. The number of nitrogens with one attached hydrogen (secondary N) is 1. The first-order chi connectivity index (χ1) is 11.5. The van der Waals surface area contributed by atoms with Crippen LogP contribution in [0.2, 0.25) is 10.0 Å². The summed E-state index contributed by atoms with van der Waals surface area (Å²) < 4.78 is 4.99. The summed E-state index contributed by atoms with van der Waals surface area (Å²) in [5.41, 5.74) is 1.54. The molecule has 0 fully saturated rings. The highest BCUT2D eigenvalue weighted by molar-refractivity contribution is 6.31. The minimum absolute atomic E-state index is 0.0246. The second kappa shape index (κ2) is 8.71. The van der Waals surface area contributed by atoms with Crippen LogP contribution in [0.5, 0.6) is 0 Å². The highest BCUT2D eigenvalue weighted by Crippen LogP contribution is 2.17. The molecule has 2 aromatic carbocycles. The largest absolute Gasteiger partial charge is 0.455 e. The van der Waals surface area contributed by atoms with E-state index in [9.17, 15) is 9.59 Å². The molecule has 0 aromatic heterocycles. The Labute approximate surface area is 150 Å². The highest BCUT2D eigenvalue weighted by Gasteiger charge is 2.13. The fourth-order valence-electron chi connectivity index (χ4n) is 2.14. The molecule has 0 unspecified atom stereocenters. The van der Waals surface area contributed by atoms with E-state index in [4.69, 9.17) is 27.9 Å². The van der Waals surface area contributed by atoms with E-state index in [0.29, 0.717) is 15.6 Å². The molecule has 0 saturated carbocycles. The normalized spacial score (nSPS) is 11.6. The van der Waals surface area contributed by atoms with E-state index < -0.39 is 5.97 Å². The van der Waals surface area contributed by atoms with Crippen LogP contribution >= 0.6 is 23.2 Å². The summed E-state index contributed by atoms with van der Waals surface area (Å²) in [6, 6.07) is 14.0. The first-order valence-electron chi connectivity index (χ1n) is 7.39. The van der Waals surface area contributed by atoms with E-state index in [0.717, 1.165) is 5.56 Å². The average Bonchev–Trinajstić information content (AvgIpc) is 2.55. The van der Waals surface area contributed by atoms with Gasteiger partial charge in [-0.15, -0.1) is 0 Å². The molecule has 126 valence electrons. The van der Waals surface area contributed by atoms with Crippen molar-refractivity contribution in [2.45, 2.75) is 19.4 Å². The Kier molecular flexibility index (Phi) is 6.64. The molecular formula is C18H17Cl2NO3. The van der Waals surface area contributed by atoms with Gasteiger partial charge >= 0.3 is 5.97 Å². The van der Waals surface area contributed by atoms with Gasteiger partial charge in [0, 0.05) is 10.0 Å². The van der Waals surface area contributed by atoms with Crippen LogP contribution in [0.3, 0.4) is 0 Å². The van der Waals surface area contributed by atoms with Crippen molar-refractivity contribution in [1.29, 1.82) is 0 Å². The second-order valence-corrected chi connectivity index (χ2v) is 6.12.